The second-order valence-corrected chi connectivity index (χ2v) is 6.11. The molecule has 0 aliphatic rings. The van der Waals surface area contributed by atoms with Crippen molar-refractivity contribution in [2.75, 3.05) is 19.7 Å². The average Bonchev–Trinajstić information content (AvgIpc) is 2.76. The quantitative estimate of drug-likeness (QED) is 0.595. The highest BCUT2D eigenvalue weighted by atomic mass is 16.5. The molecule has 3 rings (SSSR count). The van der Waals surface area contributed by atoms with Gasteiger partial charge in [0.25, 0.3) is 5.91 Å². The first kappa shape index (κ1) is 19.2. The highest BCUT2D eigenvalue weighted by Crippen LogP contribution is 2.29. The molecular formula is C23H22N2O3. The minimum Gasteiger partial charge on any atom is -0.491 e. The van der Waals surface area contributed by atoms with Gasteiger partial charge in [-0.25, -0.2) is 0 Å². The summed E-state index contributed by atoms with van der Waals surface area (Å²) in [5.74, 6) is 0.230. The molecule has 0 atom stereocenters. The van der Waals surface area contributed by atoms with Gasteiger partial charge in [0.2, 0.25) is 5.91 Å². The second-order valence-electron chi connectivity index (χ2n) is 6.11. The Labute approximate surface area is 164 Å². The highest BCUT2D eigenvalue weighted by molar-refractivity contribution is 5.96. The smallest absolute Gasteiger partial charge is 0.251 e. The molecule has 0 saturated carbocycles. The fourth-order valence-corrected chi connectivity index (χ4v) is 2.71. The molecule has 2 N–H and O–H groups in total. The fourth-order valence-electron chi connectivity index (χ4n) is 2.71. The molecule has 0 aliphatic carbocycles. The monoisotopic (exact) mass is 374 g/mol. The molecular weight excluding hydrogens is 352 g/mol. The molecule has 0 bridgehead atoms. The summed E-state index contributed by atoms with van der Waals surface area (Å²) in [6.45, 7) is 0.611. The molecule has 0 aliphatic heterocycles. The fraction of sp³-hybridized carbons (Fsp3) is 0.130. The maximum absolute atomic E-state index is 11.9. The first-order valence-electron chi connectivity index (χ1n) is 9.11. The number of nitrogens with one attached hydrogen (secondary N) is 2. The Bertz CT molecular complexity index is 911. The number of ether oxygens (including phenoxy) is 1. The van der Waals surface area contributed by atoms with Crippen LogP contribution >= 0.6 is 0 Å². The Morgan fingerprint density at radius 2 is 1.39 bits per heavy atom. The predicted molar refractivity (Wildman–Crippen MR) is 109 cm³/mol. The normalized spacial score (nSPS) is 10.1. The van der Waals surface area contributed by atoms with Gasteiger partial charge in [0.1, 0.15) is 12.4 Å². The molecule has 5 nitrogen and oxygen atoms in total. The maximum Gasteiger partial charge on any atom is 0.251 e. The van der Waals surface area contributed by atoms with Crippen molar-refractivity contribution >= 4 is 11.8 Å². The summed E-state index contributed by atoms with van der Waals surface area (Å²) in [6, 6.07) is 26.6. The first-order chi connectivity index (χ1) is 13.7. The van der Waals surface area contributed by atoms with E-state index in [1.165, 1.54) is 0 Å². The largest absolute Gasteiger partial charge is 0.491 e. The number of carbonyl (C=O) groups is 2. The lowest BCUT2D eigenvalue weighted by atomic mass is 10.1. The molecule has 0 aromatic heterocycles. The highest BCUT2D eigenvalue weighted by Gasteiger charge is 2.08. The summed E-state index contributed by atoms with van der Waals surface area (Å²) >= 11 is 0. The number of hydrogen-bond donors (Lipinski definition) is 2. The Morgan fingerprint density at radius 1 is 0.750 bits per heavy atom. The molecule has 28 heavy (non-hydrogen) atoms. The summed E-state index contributed by atoms with van der Waals surface area (Å²) in [6.07, 6.45) is 0. The number of carbonyl (C=O) groups excluding carboxylic acids is 2. The van der Waals surface area contributed by atoms with Crippen molar-refractivity contribution in [3.63, 3.8) is 0 Å². The van der Waals surface area contributed by atoms with Crippen molar-refractivity contribution in [3.05, 3.63) is 90.5 Å². The van der Waals surface area contributed by atoms with E-state index in [1.807, 2.05) is 60.7 Å². The van der Waals surface area contributed by atoms with E-state index in [9.17, 15) is 9.59 Å². The maximum atomic E-state index is 11.9. The Kier molecular flexibility index (Phi) is 6.79. The van der Waals surface area contributed by atoms with E-state index in [0.717, 1.165) is 16.9 Å². The molecule has 142 valence electrons. The summed E-state index contributed by atoms with van der Waals surface area (Å²) in [7, 11) is 0. The summed E-state index contributed by atoms with van der Waals surface area (Å²) in [5, 5.41) is 5.34. The van der Waals surface area contributed by atoms with Crippen LogP contribution < -0.4 is 15.4 Å². The lowest BCUT2D eigenvalue weighted by Gasteiger charge is -2.12. The van der Waals surface area contributed by atoms with Crippen molar-refractivity contribution in [1.82, 2.24) is 10.6 Å². The Hall–Kier alpha value is -3.60. The van der Waals surface area contributed by atoms with Gasteiger partial charge in [-0.15, -0.1) is 0 Å². The lowest BCUT2D eigenvalue weighted by molar-refractivity contribution is -0.120. The lowest BCUT2D eigenvalue weighted by Crippen LogP contribution is -2.38. The van der Waals surface area contributed by atoms with E-state index in [0.29, 0.717) is 18.7 Å². The van der Waals surface area contributed by atoms with E-state index in [2.05, 4.69) is 10.6 Å². The van der Waals surface area contributed by atoms with Gasteiger partial charge in [-0.1, -0.05) is 66.7 Å². The van der Waals surface area contributed by atoms with Crippen LogP contribution in [0.5, 0.6) is 5.75 Å². The van der Waals surface area contributed by atoms with Gasteiger partial charge in [0.15, 0.2) is 0 Å². The second kappa shape index (κ2) is 9.92. The molecule has 0 heterocycles. The van der Waals surface area contributed by atoms with Crippen LogP contribution in [0.1, 0.15) is 10.4 Å². The van der Waals surface area contributed by atoms with Gasteiger partial charge >= 0.3 is 0 Å². The van der Waals surface area contributed by atoms with Gasteiger partial charge in [0.05, 0.1) is 13.1 Å². The molecule has 0 radical (unpaired) electrons. The van der Waals surface area contributed by atoms with Gasteiger partial charge < -0.3 is 15.4 Å². The number of rotatable bonds is 8. The molecule has 0 spiro atoms. The summed E-state index contributed by atoms with van der Waals surface area (Å²) in [4.78, 5) is 23.8. The van der Waals surface area contributed by atoms with Crippen molar-refractivity contribution in [2.45, 2.75) is 0 Å². The third kappa shape index (κ3) is 5.45. The average molecular weight is 374 g/mol. The summed E-state index contributed by atoms with van der Waals surface area (Å²) in [5.41, 5.74) is 2.60. The van der Waals surface area contributed by atoms with Crippen molar-refractivity contribution in [3.8, 4) is 16.9 Å². The minimum absolute atomic E-state index is 0.0751. The number of amides is 2. The molecule has 0 saturated heterocycles. The number of benzene rings is 3. The van der Waals surface area contributed by atoms with E-state index >= 15 is 0 Å². The van der Waals surface area contributed by atoms with E-state index in [-0.39, 0.29) is 18.4 Å². The third-order valence-electron chi connectivity index (χ3n) is 4.10. The number of hydrogen-bond acceptors (Lipinski definition) is 3. The van der Waals surface area contributed by atoms with Gasteiger partial charge in [-0.05, 0) is 23.8 Å². The van der Waals surface area contributed by atoms with Crippen molar-refractivity contribution in [2.24, 2.45) is 0 Å². The predicted octanol–water partition coefficient (Wildman–Crippen LogP) is 3.28. The van der Waals surface area contributed by atoms with Gasteiger partial charge in [-0.3, -0.25) is 9.59 Å². The van der Waals surface area contributed by atoms with Crippen LogP contribution in [0, 0.1) is 0 Å². The van der Waals surface area contributed by atoms with Crippen LogP contribution in [-0.4, -0.2) is 31.5 Å². The minimum atomic E-state index is -0.274. The molecule has 3 aromatic rings. The van der Waals surface area contributed by atoms with Gasteiger partial charge in [-0.2, -0.15) is 0 Å². The Morgan fingerprint density at radius 3 is 2.14 bits per heavy atom. The third-order valence-corrected chi connectivity index (χ3v) is 4.10. The van der Waals surface area contributed by atoms with Crippen LogP contribution in [0.25, 0.3) is 11.1 Å². The molecule has 5 heteroatoms. The zero-order valence-corrected chi connectivity index (χ0v) is 15.4. The molecule has 0 fully saturated rings. The van der Waals surface area contributed by atoms with Crippen LogP contribution in [0.15, 0.2) is 84.9 Å². The van der Waals surface area contributed by atoms with Gasteiger partial charge in [0, 0.05) is 11.1 Å². The van der Waals surface area contributed by atoms with E-state index in [1.54, 1.807) is 24.3 Å². The standard InChI is InChI=1S/C23H22N2O3/c26-22(17-25-23(27)19-11-5-2-6-12-19)24-15-16-28-21-14-8-7-13-20(21)18-9-3-1-4-10-18/h1-14H,15-17H2,(H,24,26)(H,25,27). The molecule has 3 aromatic carbocycles. The zero-order chi connectivity index (χ0) is 19.6. The van der Waals surface area contributed by atoms with E-state index in [4.69, 9.17) is 4.74 Å². The topological polar surface area (TPSA) is 67.4 Å². The summed E-state index contributed by atoms with van der Waals surface area (Å²) < 4.78 is 5.83. The zero-order valence-electron chi connectivity index (χ0n) is 15.4. The van der Waals surface area contributed by atoms with Crippen molar-refractivity contribution in [1.29, 1.82) is 0 Å². The van der Waals surface area contributed by atoms with Crippen LogP contribution in [-0.2, 0) is 4.79 Å². The van der Waals surface area contributed by atoms with E-state index < -0.39 is 0 Å². The van der Waals surface area contributed by atoms with Crippen LogP contribution in [0.4, 0.5) is 0 Å². The molecule has 2 amide bonds. The Balaban J connectivity index is 1.43. The molecule has 0 unspecified atom stereocenters. The SMILES string of the molecule is O=C(CNC(=O)c1ccccc1)NCCOc1ccccc1-c1ccccc1. The van der Waals surface area contributed by atoms with Crippen molar-refractivity contribution < 1.29 is 14.3 Å². The van der Waals surface area contributed by atoms with Crippen LogP contribution in [0.2, 0.25) is 0 Å². The van der Waals surface area contributed by atoms with Crippen LogP contribution in [0.3, 0.4) is 0 Å². The number of para-hydroxylation sites is 1. The first-order valence-corrected chi connectivity index (χ1v) is 9.11.